The summed E-state index contributed by atoms with van der Waals surface area (Å²) in [4.78, 5) is 4.14. The van der Waals surface area contributed by atoms with Crippen LogP contribution in [-0.2, 0) is 13.0 Å². The number of rotatable bonds is 4. The normalized spacial score (nSPS) is 17.5. The van der Waals surface area contributed by atoms with Gasteiger partial charge in [0.25, 0.3) is 0 Å². The average Bonchev–Trinajstić information content (AvgIpc) is 3.02. The molecule has 0 aliphatic heterocycles. The number of benzene rings is 1. The van der Waals surface area contributed by atoms with Gasteiger partial charge in [-0.2, -0.15) is 4.98 Å². The fourth-order valence-corrected chi connectivity index (χ4v) is 2.60. The number of aryl methyl sites for hydroxylation is 1. The fourth-order valence-electron chi connectivity index (χ4n) is 2.60. The Morgan fingerprint density at radius 3 is 3.11 bits per heavy atom. The molecule has 1 aliphatic carbocycles. The zero-order valence-corrected chi connectivity index (χ0v) is 11.1. The van der Waals surface area contributed by atoms with Crippen LogP contribution in [0.1, 0.15) is 35.3 Å². The molecule has 1 N–H and O–H groups in total. The molecule has 1 aliphatic rings. The van der Waals surface area contributed by atoms with E-state index in [4.69, 9.17) is 9.26 Å². The molecule has 1 aromatic carbocycles. The summed E-state index contributed by atoms with van der Waals surface area (Å²) in [6, 6.07) is 6.63. The van der Waals surface area contributed by atoms with E-state index in [-0.39, 0.29) is 0 Å². The second kappa shape index (κ2) is 5.01. The van der Waals surface area contributed by atoms with Gasteiger partial charge < -0.3 is 14.6 Å². The van der Waals surface area contributed by atoms with Gasteiger partial charge in [0, 0.05) is 13.0 Å². The molecule has 0 amide bonds. The Balaban J connectivity index is 1.77. The lowest BCUT2D eigenvalue weighted by Crippen LogP contribution is -2.12. The van der Waals surface area contributed by atoms with E-state index in [1.807, 2.05) is 19.2 Å². The van der Waals surface area contributed by atoms with Crippen molar-refractivity contribution in [3.05, 3.63) is 41.0 Å². The Morgan fingerprint density at radius 2 is 2.37 bits per heavy atom. The minimum absolute atomic E-state index is 0.345. The molecular formula is C14H17N3O2. The molecule has 0 fully saturated rings. The molecule has 3 rings (SSSR count). The molecular weight excluding hydrogens is 242 g/mol. The number of fused-ring (bicyclic) bond motifs is 1. The van der Waals surface area contributed by atoms with E-state index in [0.717, 1.165) is 18.6 Å². The zero-order chi connectivity index (χ0) is 13.2. The number of nitrogens with one attached hydrogen (secondary N) is 1. The Kier molecular flexibility index (Phi) is 3.21. The smallest absolute Gasteiger partial charge is 0.223 e. The highest BCUT2D eigenvalue weighted by atomic mass is 16.5. The van der Waals surface area contributed by atoms with Crippen LogP contribution in [0.25, 0.3) is 0 Å². The molecule has 0 bridgehead atoms. The molecule has 2 aromatic rings. The van der Waals surface area contributed by atoms with E-state index in [2.05, 4.69) is 21.5 Å². The van der Waals surface area contributed by atoms with Gasteiger partial charge in [-0.3, -0.25) is 0 Å². The Hall–Kier alpha value is -1.88. The van der Waals surface area contributed by atoms with Crippen molar-refractivity contribution in [3.63, 3.8) is 0 Å². The van der Waals surface area contributed by atoms with Crippen LogP contribution in [0.4, 0.5) is 0 Å². The summed E-state index contributed by atoms with van der Waals surface area (Å²) in [6.07, 6.45) is 2.16. The maximum Gasteiger partial charge on any atom is 0.223 e. The maximum absolute atomic E-state index is 5.83. The topological polar surface area (TPSA) is 60.2 Å². The number of hydrogen-bond acceptors (Lipinski definition) is 5. The minimum Gasteiger partial charge on any atom is -0.485 e. The van der Waals surface area contributed by atoms with Gasteiger partial charge in [-0.05, 0) is 37.1 Å². The van der Waals surface area contributed by atoms with Crippen LogP contribution in [-0.4, -0.2) is 17.2 Å². The molecule has 5 nitrogen and oxygen atoms in total. The van der Waals surface area contributed by atoms with Crippen molar-refractivity contribution < 1.29 is 9.26 Å². The summed E-state index contributed by atoms with van der Waals surface area (Å²) in [7, 11) is 2.00. The first-order chi connectivity index (χ1) is 9.28. The molecule has 0 saturated carbocycles. The fraction of sp³-hybridized carbons (Fsp3) is 0.429. The average molecular weight is 259 g/mol. The van der Waals surface area contributed by atoms with E-state index < -0.39 is 0 Å². The van der Waals surface area contributed by atoms with Gasteiger partial charge in [0.15, 0.2) is 6.61 Å². The van der Waals surface area contributed by atoms with Crippen molar-refractivity contribution in [3.8, 4) is 5.75 Å². The number of aromatic nitrogens is 2. The maximum atomic E-state index is 5.83. The lowest BCUT2D eigenvalue weighted by molar-refractivity contribution is 0.283. The van der Waals surface area contributed by atoms with Crippen LogP contribution < -0.4 is 10.1 Å². The summed E-state index contributed by atoms with van der Waals surface area (Å²) >= 11 is 0. The first kappa shape index (κ1) is 12.2. The van der Waals surface area contributed by atoms with Crippen molar-refractivity contribution in [1.29, 1.82) is 0 Å². The van der Waals surface area contributed by atoms with Crippen molar-refractivity contribution in [2.45, 2.75) is 32.4 Å². The summed E-state index contributed by atoms with van der Waals surface area (Å²) in [5.74, 6) is 2.07. The third-order valence-corrected chi connectivity index (χ3v) is 3.50. The van der Waals surface area contributed by atoms with Crippen LogP contribution >= 0.6 is 0 Å². The first-order valence-electron chi connectivity index (χ1n) is 6.49. The third-order valence-electron chi connectivity index (χ3n) is 3.50. The summed E-state index contributed by atoms with van der Waals surface area (Å²) in [5, 5.41) is 7.16. The van der Waals surface area contributed by atoms with Gasteiger partial charge in [0.05, 0.1) is 0 Å². The van der Waals surface area contributed by atoms with E-state index in [9.17, 15) is 0 Å². The lowest BCUT2D eigenvalue weighted by atomic mass is 10.1. The molecule has 0 saturated heterocycles. The van der Waals surface area contributed by atoms with Crippen LogP contribution in [0, 0.1) is 6.92 Å². The molecule has 100 valence electrons. The molecule has 1 heterocycles. The van der Waals surface area contributed by atoms with E-state index in [1.54, 1.807) is 6.92 Å². The molecule has 1 atom stereocenters. The molecule has 5 heteroatoms. The Labute approximate surface area is 112 Å². The van der Waals surface area contributed by atoms with Crippen LogP contribution in [0.15, 0.2) is 22.7 Å². The first-order valence-corrected chi connectivity index (χ1v) is 6.49. The largest absolute Gasteiger partial charge is 0.485 e. The Morgan fingerprint density at radius 1 is 1.47 bits per heavy atom. The minimum atomic E-state index is 0.345. The zero-order valence-electron chi connectivity index (χ0n) is 11.1. The third kappa shape index (κ3) is 2.33. The van der Waals surface area contributed by atoms with E-state index >= 15 is 0 Å². The highest BCUT2D eigenvalue weighted by Crippen LogP contribution is 2.36. The van der Waals surface area contributed by atoms with Gasteiger partial charge in [-0.25, -0.2) is 0 Å². The van der Waals surface area contributed by atoms with Gasteiger partial charge in [0.1, 0.15) is 5.75 Å². The SMILES string of the molecule is CNC1CCc2c(OCc3noc(C)n3)cccc21. The standard InChI is InChI=1S/C14H17N3O2/c1-9-16-14(17-19-9)8-18-13-5-3-4-10-11(13)6-7-12(10)15-2/h3-5,12,15H,6-8H2,1-2H3. The summed E-state index contributed by atoms with van der Waals surface area (Å²) in [6.45, 7) is 2.12. The van der Waals surface area contributed by atoms with E-state index in [1.165, 1.54) is 11.1 Å². The van der Waals surface area contributed by atoms with Gasteiger partial charge in [-0.1, -0.05) is 17.3 Å². The second-order valence-corrected chi connectivity index (χ2v) is 4.72. The monoisotopic (exact) mass is 259 g/mol. The second-order valence-electron chi connectivity index (χ2n) is 4.72. The summed E-state index contributed by atoms with van der Waals surface area (Å²) < 4.78 is 10.8. The van der Waals surface area contributed by atoms with Crippen molar-refractivity contribution in [2.75, 3.05) is 7.05 Å². The van der Waals surface area contributed by atoms with Crippen molar-refractivity contribution in [1.82, 2.24) is 15.5 Å². The number of ether oxygens (including phenoxy) is 1. The van der Waals surface area contributed by atoms with Gasteiger partial charge in [0.2, 0.25) is 11.7 Å². The molecule has 0 spiro atoms. The van der Waals surface area contributed by atoms with Crippen molar-refractivity contribution in [2.24, 2.45) is 0 Å². The predicted octanol–water partition coefficient (Wildman–Crippen LogP) is 2.16. The molecule has 1 unspecified atom stereocenters. The molecule has 0 radical (unpaired) electrons. The van der Waals surface area contributed by atoms with Crippen LogP contribution in [0.5, 0.6) is 5.75 Å². The Bertz CT molecular complexity index is 580. The van der Waals surface area contributed by atoms with Crippen LogP contribution in [0.2, 0.25) is 0 Å². The quantitative estimate of drug-likeness (QED) is 0.911. The predicted molar refractivity (Wildman–Crippen MR) is 69.9 cm³/mol. The number of nitrogens with zero attached hydrogens (tertiary/aromatic N) is 2. The van der Waals surface area contributed by atoms with Gasteiger partial charge >= 0.3 is 0 Å². The number of hydrogen-bond donors (Lipinski definition) is 1. The lowest BCUT2D eigenvalue weighted by Gasteiger charge is -2.12. The molecule has 19 heavy (non-hydrogen) atoms. The highest BCUT2D eigenvalue weighted by Gasteiger charge is 2.23. The van der Waals surface area contributed by atoms with E-state index in [0.29, 0.717) is 24.4 Å². The molecule has 1 aromatic heterocycles. The summed E-state index contributed by atoms with van der Waals surface area (Å²) in [5.41, 5.74) is 2.63. The highest BCUT2D eigenvalue weighted by molar-refractivity contribution is 5.45. The van der Waals surface area contributed by atoms with Crippen molar-refractivity contribution >= 4 is 0 Å². The van der Waals surface area contributed by atoms with Gasteiger partial charge in [-0.15, -0.1) is 0 Å². The van der Waals surface area contributed by atoms with Crippen LogP contribution in [0.3, 0.4) is 0 Å².